The van der Waals surface area contributed by atoms with E-state index in [0.717, 1.165) is 18.4 Å². The van der Waals surface area contributed by atoms with Crippen molar-refractivity contribution in [3.63, 3.8) is 0 Å². The minimum Gasteiger partial charge on any atom is -0.480 e. The van der Waals surface area contributed by atoms with Gasteiger partial charge in [0, 0.05) is 17.8 Å². The predicted molar refractivity (Wildman–Crippen MR) is 81.1 cm³/mol. The number of carboxylic acid groups (broad SMARTS) is 1. The molecule has 1 aromatic carbocycles. The van der Waals surface area contributed by atoms with Crippen LogP contribution in [-0.4, -0.2) is 34.5 Å². The minimum atomic E-state index is -0.923. The molecule has 2 atom stereocenters. The van der Waals surface area contributed by atoms with E-state index in [-0.39, 0.29) is 5.91 Å². The summed E-state index contributed by atoms with van der Waals surface area (Å²) in [5, 5.41) is 9.40. The highest BCUT2D eigenvalue weighted by molar-refractivity contribution is 5.97. The number of amides is 1. The van der Waals surface area contributed by atoms with E-state index >= 15 is 0 Å². The van der Waals surface area contributed by atoms with Gasteiger partial charge in [-0.25, -0.2) is 4.79 Å². The summed E-state index contributed by atoms with van der Waals surface area (Å²) >= 11 is 0. The number of rotatable bonds is 3. The Kier molecular flexibility index (Phi) is 4.50. The quantitative estimate of drug-likeness (QED) is 0.837. The molecule has 1 fully saturated rings. The van der Waals surface area contributed by atoms with Crippen LogP contribution >= 0.6 is 0 Å². The third-order valence-corrected chi connectivity index (χ3v) is 4.35. The molecule has 114 valence electrons. The second-order valence-corrected chi connectivity index (χ2v) is 5.72. The number of nitrogens with zero attached hydrogens (tertiary/aromatic N) is 1. The molecule has 0 aliphatic carbocycles. The Hall–Kier alpha value is -2.04. The first kappa shape index (κ1) is 15.4. The Morgan fingerprint density at radius 2 is 2.14 bits per heavy atom. The molecule has 3 N–H and O–H groups in total. The predicted octanol–water partition coefficient (Wildman–Crippen LogP) is 2.29. The zero-order chi connectivity index (χ0) is 15.6. The van der Waals surface area contributed by atoms with Crippen molar-refractivity contribution in [3.8, 4) is 0 Å². The Balaban J connectivity index is 2.24. The highest BCUT2D eigenvalue weighted by Crippen LogP contribution is 2.27. The van der Waals surface area contributed by atoms with Crippen LogP contribution in [0.25, 0.3) is 0 Å². The fraction of sp³-hybridized carbons (Fsp3) is 0.500. The highest BCUT2D eigenvalue weighted by Gasteiger charge is 2.35. The van der Waals surface area contributed by atoms with Gasteiger partial charge in [-0.15, -0.1) is 0 Å². The number of likely N-dealkylation sites (tertiary alicyclic amines) is 1. The maximum Gasteiger partial charge on any atom is 0.326 e. The lowest BCUT2D eigenvalue weighted by Gasteiger charge is -2.37. The van der Waals surface area contributed by atoms with Gasteiger partial charge in [0.15, 0.2) is 0 Å². The van der Waals surface area contributed by atoms with Crippen molar-refractivity contribution in [1.82, 2.24) is 4.90 Å². The summed E-state index contributed by atoms with van der Waals surface area (Å²) in [5.41, 5.74) is 7.72. The smallest absolute Gasteiger partial charge is 0.326 e. The van der Waals surface area contributed by atoms with Crippen molar-refractivity contribution in [2.75, 3.05) is 12.3 Å². The molecule has 5 nitrogen and oxygen atoms in total. The Morgan fingerprint density at radius 3 is 2.71 bits per heavy atom. The lowest BCUT2D eigenvalue weighted by molar-refractivity contribution is -0.144. The second kappa shape index (κ2) is 6.16. The molecule has 1 aromatic rings. The van der Waals surface area contributed by atoms with Crippen LogP contribution in [0.1, 0.15) is 42.1 Å². The number of anilines is 1. The molecule has 1 aliphatic rings. The third-order valence-electron chi connectivity index (χ3n) is 4.35. The van der Waals surface area contributed by atoms with Crippen molar-refractivity contribution in [2.24, 2.45) is 5.92 Å². The molecule has 5 heteroatoms. The molecule has 0 aromatic heterocycles. The maximum absolute atomic E-state index is 12.6. The van der Waals surface area contributed by atoms with Crippen molar-refractivity contribution in [2.45, 2.75) is 39.2 Å². The van der Waals surface area contributed by atoms with Gasteiger partial charge in [-0.3, -0.25) is 4.79 Å². The van der Waals surface area contributed by atoms with Crippen molar-refractivity contribution in [3.05, 3.63) is 29.3 Å². The number of benzene rings is 1. The van der Waals surface area contributed by atoms with E-state index < -0.39 is 12.0 Å². The zero-order valence-electron chi connectivity index (χ0n) is 12.5. The molecule has 2 unspecified atom stereocenters. The van der Waals surface area contributed by atoms with Gasteiger partial charge in [0.25, 0.3) is 5.91 Å². The number of carbonyl (C=O) groups is 2. The molecule has 2 rings (SSSR count). The average molecular weight is 290 g/mol. The number of nitrogen functional groups attached to an aromatic ring is 1. The zero-order valence-corrected chi connectivity index (χ0v) is 12.5. The summed E-state index contributed by atoms with van der Waals surface area (Å²) in [6.07, 6.45) is 2.35. The fourth-order valence-corrected chi connectivity index (χ4v) is 2.86. The number of aliphatic carboxylic acids is 1. The Morgan fingerprint density at radius 1 is 1.43 bits per heavy atom. The number of carboxylic acids is 1. The third kappa shape index (κ3) is 3.17. The lowest BCUT2D eigenvalue weighted by Crippen LogP contribution is -2.50. The number of piperidine rings is 1. The highest BCUT2D eigenvalue weighted by atomic mass is 16.4. The molecule has 1 amide bonds. The van der Waals surface area contributed by atoms with Gasteiger partial charge in [0.1, 0.15) is 6.04 Å². The van der Waals surface area contributed by atoms with Crippen LogP contribution in [-0.2, 0) is 4.79 Å². The van der Waals surface area contributed by atoms with Crippen LogP contribution in [0.2, 0.25) is 0 Å². The number of carbonyl (C=O) groups excluding carboxylic acids is 1. The van der Waals surface area contributed by atoms with Gasteiger partial charge in [-0.05, 0) is 49.4 Å². The summed E-state index contributed by atoms with van der Waals surface area (Å²) in [7, 11) is 0. The summed E-state index contributed by atoms with van der Waals surface area (Å²) in [6.45, 7) is 4.40. The molecular weight excluding hydrogens is 268 g/mol. The summed E-state index contributed by atoms with van der Waals surface area (Å²) < 4.78 is 0. The van der Waals surface area contributed by atoms with E-state index in [0.29, 0.717) is 30.1 Å². The molecule has 0 saturated carbocycles. The van der Waals surface area contributed by atoms with Gasteiger partial charge in [-0.2, -0.15) is 0 Å². The van der Waals surface area contributed by atoms with E-state index in [1.807, 2.05) is 6.92 Å². The SMILES string of the molecule is CCC1CCN(C(=O)c2ccc(N)c(C)c2)C(C(=O)O)C1. The van der Waals surface area contributed by atoms with Gasteiger partial charge in [0.05, 0.1) is 0 Å². The molecule has 0 radical (unpaired) electrons. The molecule has 1 aliphatic heterocycles. The number of hydrogen-bond acceptors (Lipinski definition) is 3. The first-order valence-corrected chi connectivity index (χ1v) is 7.34. The summed E-state index contributed by atoms with van der Waals surface area (Å²) in [5.74, 6) is -0.767. The van der Waals surface area contributed by atoms with Crippen LogP contribution in [0.15, 0.2) is 18.2 Å². The van der Waals surface area contributed by atoms with Crippen LogP contribution in [0.4, 0.5) is 5.69 Å². The van der Waals surface area contributed by atoms with E-state index in [9.17, 15) is 14.7 Å². The van der Waals surface area contributed by atoms with E-state index in [4.69, 9.17) is 5.73 Å². The Labute approximate surface area is 124 Å². The average Bonchev–Trinajstić information content (AvgIpc) is 2.48. The molecule has 21 heavy (non-hydrogen) atoms. The molecule has 0 bridgehead atoms. The lowest BCUT2D eigenvalue weighted by atomic mass is 9.88. The standard InChI is InChI=1S/C16H22N2O3/c1-3-11-6-7-18(14(9-11)16(20)21)15(19)12-4-5-13(17)10(2)8-12/h4-5,8,11,14H,3,6-7,9,17H2,1-2H3,(H,20,21). The van der Waals surface area contributed by atoms with Crippen LogP contribution < -0.4 is 5.73 Å². The van der Waals surface area contributed by atoms with Crippen molar-refractivity contribution in [1.29, 1.82) is 0 Å². The van der Waals surface area contributed by atoms with Gasteiger partial charge in [-0.1, -0.05) is 13.3 Å². The fourth-order valence-electron chi connectivity index (χ4n) is 2.86. The van der Waals surface area contributed by atoms with Crippen molar-refractivity contribution < 1.29 is 14.7 Å². The number of aryl methyl sites for hydroxylation is 1. The number of nitrogens with two attached hydrogens (primary N) is 1. The topological polar surface area (TPSA) is 83.6 Å². The van der Waals surface area contributed by atoms with Gasteiger partial charge in [0.2, 0.25) is 0 Å². The normalized spacial score (nSPS) is 22.1. The molecular formula is C16H22N2O3. The van der Waals surface area contributed by atoms with Crippen LogP contribution in [0.3, 0.4) is 0 Å². The largest absolute Gasteiger partial charge is 0.480 e. The molecule has 0 spiro atoms. The van der Waals surface area contributed by atoms with E-state index in [1.54, 1.807) is 18.2 Å². The molecule has 1 heterocycles. The first-order valence-electron chi connectivity index (χ1n) is 7.34. The monoisotopic (exact) mass is 290 g/mol. The van der Waals surface area contributed by atoms with Crippen molar-refractivity contribution >= 4 is 17.6 Å². The first-order chi connectivity index (χ1) is 9.93. The minimum absolute atomic E-state index is 0.222. The maximum atomic E-state index is 12.6. The van der Waals surface area contributed by atoms with E-state index in [1.165, 1.54) is 4.90 Å². The molecule has 1 saturated heterocycles. The van der Waals surface area contributed by atoms with Crippen LogP contribution in [0, 0.1) is 12.8 Å². The van der Waals surface area contributed by atoms with Gasteiger partial charge >= 0.3 is 5.97 Å². The number of hydrogen-bond donors (Lipinski definition) is 2. The van der Waals surface area contributed by atoms with Crippen LogP contribution in [0.5, 0.6) is 0 Å². The summed E-state index contributed by atoms with van der Waals surface area (Å²) in [4.78, 5) is 25.5. The summed E-state index contributed by atoms with van der Waals surface area (Å²) in [6, 6.07) is 4.35. The second-order valence-electron chi connectivity index (χ2n) is 5.72. The van der Waals surface area contributed by atoms with E-state index in [2.05, 4.69) is 6.92 Å². The van der Waals surface area contributed by atoms with Gasteiger partial charge < -0.3 is 15.7 Å². The Bertz CT molecular complexity index is 556.